The summed E-state index contributed by atoms with van der Waals surface area (Å²) in [5.41, 5.74) is 1.39. The molecule has 1 aliphatic rings. The highest BCUT2D eigenvalue weighted by Crippen LogP contribution is 2.49. The van der Waals surface area contributed by atoms with Gasteiger partial charge < -0.3 is 18.6 Å². The van der Waals surface area contributed by atoms with Crippen LogP contribution in [0.5, 0.6) is 0 Å². The summed E-state index contributed by atoms with van der Waals surface area (Å²) in [6, 6.07) is 10.9. The van der Waals surface area contributed by atoms with Crippen LogP contribution in [0, 0.1) is 11.8 Å². The molecule has 1 aliphatic carbocycles. The van der Waals surface area contributed by atoms with Gasteiger partial charge in [0.2, 0.25) is 5.91 Å². The monoisotopic (exact) mass is 760 g/mol. The molecule has 51 heavy (non-hydrogen) atoms. The molecule has 1 N–H and O–H groups in total. The van der Waals surface area contributed by atoms with Crippen molar-refractivity contribution in [3.63, 3.8) is 0 Å². The summed E-state index contributed by atoms with van der Waals surface area (Å²) in [6.07, 6.45) is 13.8. The fraction of sp³-hybridized carbons (Fsp3) is 0.791. The molecule has 0 bridgehead atoms. The summed E-state index contributed by atoms with van der Waals surface area (Å²) in [7, 11) is -6.04. The average Bonchev–Trinajstić information content (AvgIpc) is 3.28. The molecule has 0 heterocycles. The van der Waals surface area contributed by atoms with E-state index in [1.165, 1.54) is 5.56 Å². The second-order valence-electron chi connectivity index (χ2n) is 20.1. The Morgan fingerprint density at radius 3 is 1.82 bits per heavy atom. The van der Waals surface area contributed by atoms with E-state index in [1.807, 2.05) is 6.92 Å². The van der Waals surface area contributed by atoms with Crippen LogP contribution in [-0.2, 0) is 24.5 Å². The molecule has 2 unspecified atom stereocenters. The summed E-state index contributed by atoms with van der Waals surface area (Å²) < 4.78 is 22.1. The van der Waals surface area contributed by atoms with Crippen molar-refractivity contribution in [2.75, 3.05) is 6.54 Å². The van der Waals surface area contributed by atoms with Gasteiger partial charge in [0.15, 0.2) is 25.0 Å². The SMILES string of the molecule is CCNC(=O)CCC/C=C\C[C@H]1C(O[Si](C)(C)C(C)(C)C)CC(O[Si](C)(C)C(C)(C)C)[C@@H]1CC[C@@H](CCc1ccccc1)O[Si](C)(C)C(C)(C)C. The molecular formula is C43H81NO4Si3. The third-order valence-corrected chi connectivity index (χ3v) is 26.4. The Morgan fingerprint density at radius 1 is 0.784 bits per heavy atom. The standard InChI is InChI=1S/C43H81NO4Si3/c1-17-44-40(45)28-24-19-18-23-27-36-37(32-31-35(46-49(11,12)41(2,3)4)30-29-34-25-21-20-22-26-34)39(48-51(15,16)43(8,9)10)33-38(36)47-50(13,14)42(5,6)7/h18,20-23,25-26,35-39H,17,19,24,27-33H2,1-16H3,(H,44,45)/b23-18-/t35-,36-,37-,38?,39?/m1/s1. The van der Waals surface area contributed by atoms with Gasteiger partial charge in [0, 0.05) is 19.1 Å². The number of carbonyl (C=O) groups excluding carboxylic acids is 1. The lowest BCUT2D eigenvalue weighted by atomic mass is 9.85. The van der Waals surface area contributed by atoms with Gasteiger partial charge in [-0.1, -0.05) is 105 Å². The van der Waals surface area contributed by atoms with E-state index in [1.54, 1.807) is 0 Å². The van der Waals surface area contributed by atoms with Gasteiger partial charge in [0.05, 0.1) is 12.2 Å². The Hall–Kier alpha value is -1.04. The maximum atomic E-state index is 12.0. The smallest absolute Gasteiger partial charge is 0.219 e. The van der Waals surface area contributed by atoms with Crippen LogP contribution in [0.4, 0.5) is 0 Å². The maximum absolute atomic E-state index is 12.0. The molecule has 8 heteroatoms. The lowest BCUT2D eigenvalue weighted by molar-refractivity contribution is -0.121. The van der Waals surface area contributed by atoms with Gasteiger partial charge >= 0.3 is 0 Å². The van der Waals surface area contributed by atoms with Gasteiger partial charge in [-0.3, -0.25) is 4.79 Å². The fourth-order valence-corrected chi connectivity index (χ4v) is 10.7. The molecule has 294 valence electrons. The van der Waals surface area contributed by atoms with Crippen LogP contribution < -0.4 is 5.32 Å². The van der Waals surface area contributed by atoms with Gasteiger partial charge in [0.1, 0.15) is 0 Å². The summed E-state index contributed by atoms with van der Waals surface area (Å²) in [5, 5.41) is 3.37. The molecule has 0 radical (unpaired) electrons. The number of unbranched alkanes of at least 4 members (excludes halogenated alkanes) is 1. The molecule has 5 nitrogen and oxygen atoms in total. The molecular weight excluding hydrogens is 679 g/mol. The fourth-order valence-electron chi connectivity index (χ4n) is 6.48. The zero-order chi connectivity index (χ0) is 38.9. The van der Waals surface area contributed by atoms with Gasteiger partial charge in [-0.25, -0.2) is 0 Å². The first-order valence-corrected chi connectivity index (χ1v) is 29.0. The Labute approximate surface area is 319 Å². The number of rotatable bonds is 19. The largest absolute Gasteiger partial charge is 0.414 e. The molecule has 0 spiro atoms. The summed E-state index contributed by atoms with van der Waals surface area (Å²) in [4.78, 5) is 12.0. The van der Waals surface area contributed by atoms with Crippen molar-refractivity contribution in [2.24, 2.45) is 11.8 Å². The predicted octanol–water partition coefficient (Wildman–Crippen LogP) is 12.5. The van der Waals surface area contributed by atoms with E-state index in [9.17, 15) is 4.79 Å². The van der Waals surface area contributed by atoms with Crippen LogP contribution in [0.1, 0.15) is 126 Å². The predicted molar refractivity (Wildman–Crippen MR) is 228 cm³/mol. The van der Waals surface area contributed by atoms with Crippen LogP contribution in [0.15, 0.2) is 42.5 Å². The molecule has 1 amide bonds. The van der Waals surface area contributed by atoms with Gasteiger partial charge in [-0.15, -0.1) is 0 Å². The summed E-state index contributed by atoms with van der Waals surface area (Å²) in [5.74, 6) is 0.934. The van der Waals surface area contributed by atoms with Crippen molar-refractivity contribution in [1.82, 2.24) is 5.32 Å². The third-order valence-electron chi connectivity index (χ3n) is 12.9. The third kappa shape index (κ3) is 14.3. The second kappa shape index (κ2) is 19.0. The van der Waals surface area contributed by atoms with E-state index < -0.39 is 25.0 Å². The number of benzene rings is 1. The first-order valence-electron chi connectivity index (χ1n) is 20.3. The Kier molecular flexibility index (Phi) is 17.2. The van der Waals surface area contributed by atoms with E-state index in [4.69, 9.17) is 13.3 Å². The highest BCUT2D eigenvalue weighted by atomic mass is 28.4. The molecule has 1 fully saturated rings. The molecule has 0 aliphatic heterocycles. The topological polar surface area (TPSA) is 56.8 Å². The molecule has 2 rings (SSSR count). The molecule has 1 aromatic carbocycles. The van der Waals surface area contributed by atoms with Crippen LogP contribution in [0.25, 0.3) is 0 Å². The second-order valence-corrected chi connectivity index (χ2v) is 34.3. The van der Waals surface area contributed by atoms with Crippen molar-refractivity contribution in [1.29, 1.82) is 0 Å². The lowest BCUT2D eigenvalue weighted by Crippen LogP contribution is -2.45. The Morgan fingerprint density at radius 2 is 1.31 bits per heavy atom. The first kappa shape index (κ1) is 46.1. The quantitative estimate of drug-likeness (QED) is 0.0867. The van der Waals surface area contributed by atoms with Gasteiger partial charge in [-0.05, 0) is 130 Å². The highest BCUT2D eigenvalue weighted by molar-refractivity contribution is 6.75. The van der Waals surface area contributed by atoms with E-state index >= 15 is 0 Å². The number of carbonyl (C=O) groups is 1. The van der Waals surface area contributed by atoms with Crippen molar-refractivity contribution in [3.8, 4) is 0 Å². The maximum Gasteiger partial charge on any atom is 0.219 e. The molecule has 1 aromatic rings. The minimum atomic E-state index is -2.04. The summed E-state index contributed by atoms with van der Waals surface area (Å²) in [6.45, 7) is 38.4. The number of hydrogen-bond acceptors (Lipinski definition) is 4. The Bertz CT molecular complexity index is 1210. The van der Waals surface area contributed by atoms with Crippen molar-refractivity contribution in [2.45, 2.75) is 200 Å². The van der Waals surface area contributed by atoms with Crippen LogP contribution in [-0.4, -0.2) is 55.7 Å². The number of allylic oxidation sites excluding steroid dienone is 2. The van der Waals surface area contributed by atoms with Crippen molar-refractivity contribution >= 4 is 30.9 Å². The van der Waals surface area contributed by atoms with Crippen molar-refractivity contribution in [3.05, 3.63) is 48.0 Å². The van der Waals surface area contributed by atoms with Crippen LogP contribution >= 0.6 is 0 Å². The normalized spacial score (nSPS) is 21.7. The summed E-state index contributed by atoms with van der Waals surface area (Å²) >= 11 is 0. The van der Waals surface area contributed by atoms with E-state index in [0.29, 0.717) is 24.8 Å². The zero-order valence-electron chi connectivity index (χ0n) is 36.1. The van der Waals surface area contributed by atoms with Gasteiger partial charge in [0.25, 0.3) is 0 Å². The minimum absolute atomic E-state index is 0.138. The zero-order valence-corrected chi connectivity index (χ0v) is 39.1. The average molecular weight is 760 g/mol. The number of hydrogen-bond donors (Lipinski definition) is 1. The minimum Gasteiger partial charge on any atom is -0.414 e. The number of nitrogens with one attached hydrogen (secondary N) is 1. The number of aryl methyl sites for hydroxylation is 1. The van der Waals surface area contributed by atoms with Crippen LogP contribution in [0.3, 0.4) is 0 Å². The van der Waals surface area contributed by atoms with Gasteiger partial charge in [-0.2, -0.15) is 0 Å². The Balaban J connectivity index is 2.47. The highest BCUT2D eigenvalue weighted by Gasteiger charge is 2.51. The molecule has 0 aromatic heterocycles. The van der Waals surface area contributed by atoms with E-state index in [0.717, 1.165) is 51.4 Å². The lowest BCUT2D eigenvalue weighted by Gasteiger charge is -2.41. The molecule has 1 saturated carbocycles. The van der Waals surface area contributed by atoms with Crippen molar-refractivity contribution < 1.29 is 18.1 Å². The number of amides is 1. The molecule has 5 atom stereocenters. The van der Waals surface area contributed by atoms with Crippen LogP contribution in [0.2, 0.25) is 54.4 Å². The van der Waals surface area contributed by atoms with E-state index in [2.05, 4.69) is 149 Å². The molecule has 0 saturated heterocycles. The van der Waals surface area contributed by atoms with E-state index in [-0.39, 0.29) is 39.3 Å². The first-order chi connectivity index (χ1) is 23.3.